The fourth-order valence-corrected chi connectivity index (χ4v) is 2.21. The van der Waals surface area contributed by atoms with Crippen molar-refractivity contribution in [2.75, 3.05) is 0 Å². The van der Waals surface area contributed by atoms with Crippen LogP contribution in [0.5, 0.6) is 0 Å². The van der Waals surface area contributed by atoms with Gasteiger partial charge in [0.1, 0.15) is 10.7 Å². The fraction of sp³-hybridized carbons (Fsp3) is 0.143. The van der Waals surface area contributed by atoms with Crippen LogP contribution < -0.4 is 5.73 Å². The molecule has 0 saturated carbocycles. The monoisotopic (exact) mass is 197 g/mol. The van der Waals surface area contributed by atoms with Crippen LogP contribution in [0.25, 0.3) is 10.7 Å². The molecule has 0 aliphatic carbocycles. The molecule has 0 fully saturated rings. The second-order valence-corrected chi connectivity index (χ2v) is 4.04. The third-order valence-corrected chi connectivity index (χ3v) is 3.03. The Hall–Kier alpha value is -0.780. The Kier molecular flexibility index (Phi) is 2.16. The Balaban J connectivity index is 2.35. The summed E-state index contributed by atoms with van der Waals surface area (Å²) in [5, 5.41) is 2.94. The van der Waals surface area contributed by atoms with Crippen LogP contribution in [-0.4, -0.2) is 9.97 Å². The van der Waals surface area contributed by atoms with Crippen LogP contribution in [0.2, 0.25) is 0 Å². The maximum absolute atomic E-state index is 5.47. The molecule has 0 spiro atoms. The second kappa shape index (κ2) is 3.30. The summed E-state index contributed by atoms with van der Waals surface area (Å²) in [6, 6.07) is 0. The van der Waals surface area contributed by atoms with Gasteiger partial charge in [-0.2, -0.15) is 0 Å². The lowest BCUT2D eigenvalue weighted by atomic mass is 10.5. The molecule has 12 heavy (non-hydrogen) atoms. The van der Waals surface area contributed by atoms with Crippen LogP contribution >= 0.6 is 22.7 Å². The highest BCUT2D eigenvalue weighted by Gasteiger charge is 2.04. The van der Waals surface area contributed by atoms with E-state index in [0.717, 1.165) is 15.6 Å². The molecule has 0 saturated heterocycles. The van der Waals surface area contributed by atoms with Gasteiger partial charge in [0.15, 0.2) is 0 Å². The number of hydrogen-bond acceptors (Lipinski definition) is 5. The molecule has 2 N–H and O–H groups in total. The lowest BCUT2D eigenvalue weighted by molar-refractivity contribution is 1.10. The second-order valence-electron chi connectivity index (χ2n) is 2.21. The largest absolute Gasteiger partial charge is 0.326 e. The summed E-state index contributed by atoms with van der Waals surface area (Å²) < 4.78 is 0. The van der Waals surface area contributed by atoms with E-state index in [1.807, 2.05) is 5.38 Å². The summed E-state index contributed by atoms with van der Waals surface area (Å²) in [5.41, 5.74) is 8.22. The zero-order chi connectivity index (χ0) is 8.39. The molecular formula is C7H7N3S2. The Morgan fingerprint density at radius 3 is 2.92 bits per heavy atom. The van der Waals surface area contributed by atoms with Gasteiger partial charge in [-0.1, -0.05) is 0 Å². The van der Waals surface area contributed by atoms with Crippen LogP contribution in [-0.2, 0) is 6.54 Å². The quantitative estimate of drug-likeness (QED) is 0.797. The van der Waals surface area contributed by atoms with Gasteiger partial charge in [0.2, 0.25) is 0 Å². The smallest absolute Gasteiger partial charge is 0.142 e. The molecule has 2 aromatic rings. The Morgan fingerprint density at radius 1 is 1.42 bits per heavy atom. The number of thiazole rings is 2. The molecule has 0 aliphatic rings. The molecule has 2 rings (SSSR count). The number of hydrogen-bond donors (Lipinski definition) is 1. The first-order valence-corrected chi connectivity index (χ1v) is 5.19. The number of nitrogens with zero attached hydrogens (tertiary/aromatic N) is 2. The standard InChI is InChI=1S/C7H7N3S2/c8-1-5-2-9-7(12-5)6-3-11-4-10-6/h2-4H,1,8H2. The van der Waals surface area contributed by atoms with Gasteiger partial charge in [0.05, 0.1) is 5.51 Å². The van der Waals surface area contributed by atoms with Crippen molar-refractivity contribution in [3.63, 3.8) is 0 Å². The van der Waals surface area contributed by atoms with Crippen molar-refractivity contribution in [2.45, 2.75) is 6.54 Å². The van der Waals surface area contributed by atoms with E-state index in [1.165, 1.54) is 0 Å². The molecule has 0 radical (unpaired) electrons. The van der Waals surface area contributed by atoms with Crippen molar-refractivity contribution in [3.05, 3.63) is 22.0 Å². The molecule has 62 valence electrons. The van der Waals surface area contributed by atoms with Gasteiger partial charge in [-0.05, 0) is 0 Å². The first-order chi connectivity index (χ1) is 5.90. The van der Waals surface area contributed by atoms with Gasteiger partial charge < -0.3 is 5.73 Å². The van der Waals surface area contributed by atoms with Gasteiger partial charge in [-0.3, -0.25) is 0 Å². The van der Waals surface area contributed by atoms with Crippen LogP contribution in [0, 0.1) is 0 Å². The minimum absolute atomic E-state index is 0.557. The predicted molar refractivity (Wildman–Crippen MR) is 51.1 cm³/mol. The summed E-state index contributed by atoms with van der Waals surface area (Å²) in [5.74, 6) is 0. The molecule has 0 aromatic carbocycles. The van der Waals surface area contributed by atoms with Crippen molar-refractivity contribution in [1.29, 1.82) is 0 Å². The maximum Gasteiger partial charge on any atom is 0.142 e. The predicted octanol–water partition coefficient (Wildman–Crippen LogP) is 1.73. The van der Waals surface area contributed by atoms with Crippen LogP contribution in [0.1, 0.15) is 4.88 Å². The molecule has 0 unspecified atom stereocenters. The molecule has 3 nitrogen and oxygen atoms in total. The number of rotatable bonds is 2. The summed E-state index contributed by atoms with van der Waals surface area (Å²) in [4.78, 5) is 9.47. The van der Waals surface area contributed by atoms with Crippen LogP contribution in [0.4, 0.5) is 0 Å². The highest BCUT2D eigenvalue weighted by molar-refractivity contribution is 7.15. The Bertz CT molecular complexity index is 352. The summed E-state index contributed by atoms with van der Waals surface area (Å²) >= 11 is 3.17. The lowest BCUT2D eigenvalue weighted by Gasteiger charge is -1.84. The van der Waals surface area contributed by atoms with Crippen molar-refractivity contribution < 1.29 is 0 Å². The molecule has 0 bridgehead atoms. The third kappa shape index (κ3) is 1.38. The van der Waals surface area contributed by atoms with E-state index in [9.17, 15) is 0 Å². The lowest BCUT2D eigenvalue weighted by Crippen LogP contribution is -1.91. The molecule has 5 heteroatoms. The molecule has 2 aromatic heterocycles. The summed E-state index contributed by atoms with van der Waals surface area (Å²) in [6.07, 6.45) is 1.80. The van der Waals surface area contributed by atoms with Gasteiger partial charge in [-0.15, -0.1) is 22.7 Å². The van der Waals surface area contributed by atoms with E-state index in [0.29, 0.717) is 6.54 Å². The van der Waals surface area contributed by atoms with Crippen molar-refractivity contribution in [1.82, 2.24) is 9.97 Å². The minimum atomic E-state index is 0.557. The number of nitrogens with two attached hydrogens (primary N) is 1. The molecule has 0 amide bonds. The van der Waals surface area contributed by atoms with Crippen LogP contribution in [0.3, 0.4) is 0 Å². The van der Waals surface area contributed by atoms with E-state index in [2.05, 4.69) is 9.97 Å². The van der Waals surface area contributed by atoms with Crippen LogP contribution in [0.15, 0.2) is 17.1 Å². The average molecular weight is 197 g/mol. The minimum Gasteiger partial charge on any atom is -0.326 e. The van der Waals surface area contributed by atoms with Gasteiger partial charge in [-0.25, -0.2) is 9.97 Å². The van der Waals surface area contributed by atoms with E-state index in [4.69, 9.17) is 5.73 Å². The van der Waals surface area contributed by atoms with Gasteiger partial charge in [0.25, 0.3) is 0 Å². The zero-order valence-corrected chi connectivity index (χ0v) is 7.86. The van der Waals surface area contributed by atoms with Crippen molar-refractivity contribution in [3.8, 4) is 10.7 Å². The summed E-state index contributed by atoms with van der Waals surface area (Å²) in [7, 11) is 0. The Labute approximate surface area is 77.9 Å². The topological polar surface area (TPSA) is 51.8 Å². The first-order valence-electron chi connectivity index (χ1n) is 3.43. The third-order valence-electron chi connectivity index (χ3n) is 1.41. The first kappa shape index (κ1) is 7.85. The number of aromatic nitrogens is 2. The average Bonchev–Trinajstić information content (AvgIpc) is 2.75. The molecule has 0 atom stereocenters. The van der Waals surface area contributed by atoms with E-state index in [-0.39, 0.29) is 0 Å². The maximum atomic E-state index is 5.47. The van der Waals surface area contributed by atoms with Crippen molar-refractivity contribution >= 4 is 22.7 Å². The highest BCUT2D eigenvalue weighted by Crippen LogP contribution is 2.24. The molecular weight excluding hydrogens is 190 g/mol. The van der Waals surface area contributed by atoms with Gasteiger partial charge >= 0.3 is 0 Å². The van der Waals surface area contributed by atoms with E-state index < -0.39 is 0 Å². The fourth-order valence-electron chi connectivity index (χ4n) is 0.838. The SMILES string of the molecule is NCc1cnc(-c2cscn2)s1. The highest BCUT2D eigenvalue weighted by atomic mass is 32.1. The van der Waals surface area contributed by atoms with E-state index in [1.54, 1.807) is 34.4 Å². The van der Waals surface area contributed by atoms with E-state index >= 15 is 0 Å². The van der Waals surface area contributed by atoms with Gasteiger partial charge in [0, 0.05) is 23.0 Å². The Morgan fingerprint density at radius 2 is 2.33 bits per heavy atom. The normalized spacial score (nSPS) is 10.4. The molecule has 2 heterocycles. The van der Waals surface area contributed by atoms with Crippen molar-refractivity contribution in [2.24, 2.45) is 5.73 Å². The zero-order valence-electron chi connectivity index (χ0n) is 6.23. The molecule has 0 aliphatic heterocycles. The summed E-state index contributed by atoms with van der Waals surface area (Å²) in [6.45, 7) is 0.557.